The molecule has 1 spiro atoms. The van der Waals surface area contributed by atoms with E-state index in [1.54, 1.807) is 12.1 Å². The van der Waals surface area contributed by atoms with Crippen LogP contribution >= 0.6 is 11.8 Å². The van der Waals surface area contributed by atoms with Gasteiger partial charge < -0.3 is 19.9 Å². The molecule has 1 aromatic rings. The summed E-state index contributed by atoms with van der Waals surface area (Å²) < 4.78 is 21.0. The van der Waals surface area contributed by atoms with Crippen molar-refractivity contribution in [3.05, 3.63) is 47.3 Å². The Hall–Kier alpha value is -2.52. The van der Waals surface area contributed by atoms with Gasteiger partial charge in [0.15, 0.2) is 5.60 Å². The first-order valence-corrected chi connectivity index (χ1v) is 16.3. The molecule has 6 rings (SSSR count). The van der Waals surface area contributed by atoms with Crippen molar-refractivity contribution in [3.63, 3.8) is 0 Å². The number of carbonyl (C=O) groups excluding carboxylic acids is 2. The highest BCUT2D eigenvalue weighted by Crippen LogP contribution is 2.47. The summed E-state index contributed by atoms with van der Waals surface area (Å²) in [5, 5.41) is 2.82. The number of carbonyl (C=O) groups is 2. The van der Waals surface area contributed by atoms with Crippen LogP contribution in [0.5, 0.6) is 0 Å². The van der Waals surface area contributed by atoms with Crippen molar-refractivity contribution < 1.29 is 18.7 Å². The van der Waals surface area contributed by atoms with E-state index in [-0.39, 0.29) is 23.2 Å². The van der Waals surface area contributed by atoms with E-state index in [1.807, 2.05) is 0 Å². The van der Waals surface area contributed by atoms with Gasteiger partial charge in [-0.2, -0.15) is 11.8 Å². The summed E-state index contributed by atoms with van der Waals surface area (Å²) in [6.45, 7) is 11.7. The quantitative estimate of drug-likeness (QED) is 0.445. The topological polar surface area (TPSA) is 65.1 Å². The number of rotatable bonds is 8. The van der Waals surface area contributed by atoms with Crippen LogP contribution in [0.3, 0.4) is 0 Å². The second kappa shape index (κ2) is 11.3. The number of anilines is 2. The van der Waals surface area contributed by atoms with Gasteiger partial charge in [0, 0.05) is 51.0 Å². The number of hydrogen-bond donors (Lipinski definition) is 1. The monoisotopic (exact) mass is 582 g/mol. The summed E-state index contributed by atoms with van der Waals surface area (Å²) >= 11 is 2.07. The Labute approximate surface area is 247 Å². The summed E-state index contributed by atoms with van der Waals surface area (Å²) in [5.41, 5.74) is 3.23. The zero-order chi connectivity index (χ0) is 28.8. The number of allylic oxidation sites excluding steroid dienone is 2. The molecule has 1 saturated carbocycles. The Morgan fingerprint density at radius 1 is 1.20 bits per heavy atom. The van der Waals surface area contributed by atoms with E-state index in [4.69, 9.17) is 4.74 Å². The molecule has 0 aromatic heterocycles. The van der Waals surface area contributed by atoms with Crippen LogP contribution in [0.4, 0.5) is 20.6 Å². The lowest BCUT2D eigenvalue weighted by atomic mass is 9.71. The van der Waals surface area contributed by atoms with Crippen molar-refractivity contribution in [2.75, 3.05) is 60.6 Å². The predicted molar refractivity (Wildman–Crippen MR) is 163 cm³/mol. The number of thioether (sulfide) groups is 1. The Kier molecular flexibility index (Phi) is 7.87. The molecule has 0 bridgehead atoms. The predicted octanol–water partition coefficient (Wildman–Crippen LogP) is 5.37. The molecule has 3 saturated heterocycles. The first kappa shape index (κ1) is 28.6. The first-order chi connectivity index (χ1) is 19.7. The van der Waals surface area contributed by atoms with Crippen LogP contribution < -0.4 is 15.1 Å². The second-order valence-corrected chi connectivity index (χ2v) is 14.2. The summed E-state index contributed by atoms with van der Waals surface area (Å²) in [5.74, 6) is 2.71. The number of nitrogens with one attached hydrogen (secondary N) is 1. The van der Waals surface area contributed by atoms with Crippen LogP contribution in [0.2, 0.25) is 0 Å². The van der Waals surface area contributed by atoms with Crippen molar-refractivity contribution >= 4 is 35.1 Å². The van der Waals surface area contributed by atoms with Crippen molar-refractivity contribution in [3.8, 4) is 0 Å². The van der Waals surface area contributed by atoms with Gasteiger partial charge in [-0.3, -0.25) is 9.69 Å². The van der Waals surface area contributed by atoms with Gasteiger partial charge in [-0.15, -0.1) is 0 Å². The van der Waals surface area contributed by atoms with E-state index in [0.29, 0.717) is 43.3 Å². The van der Waals surface area contributed by atoms with Gasteiger partial charge >= 0.3 is 6.09 Å². The molecule has 2 aliphatic carbocycles. The molecule has 2 unspecified atom stereocenters. The van der Waals surface area contributed by atoms with Crippen LogP contribution in [0.15, 0.2) is 41.5 Å². The van der Waals surface area contributed by atoms with E-state index in [2.05, 4.69) is 52.9 Å². The third-order valence-electron chi connectivity index (χ3n) is 10.1. The molecule has 222 valence electrons. The van der Waals surface area contributed by atoms with Crippen LogP contribution in [0.1, 0.15) is 52.9 Å². The number of hydrogen-bond acceptors (Lipinski definition) is 6. The molecule has 4 fully saturated rings. The summed E-state index contributed by atoms with van der Waals surface area (Å²) in [6, 6.07) is 4.83. The smallest absolute Gasteiger partial charge is 0.415 e. The van der Waals surface area contributed by atoms with Crippen molar-refractivity contribution in [1.82, 2.24) is 10.2 Å². The zero-order valence-corrected chi connectivity index (χ0v) is 25.4. The lowest BCUT2D eigenvalue weighted by Gasteiger charge is -2.35. The van der Waals surface area contributed by atoms with Gasteiger partial charge in [-0.1, -0.05) is 26.0 Å². The fourth-order valence-corrected chi connectivity index (χ4v) is 7.92. The van der Waals surface area contributed by atoms with Gasteiger partial charge in [0.05, 0.1) is 24.0 Å². The average Bonchev–Trinajstić information content (AvgIpc) is 3.30. The molecule has 1 aromatic carbocycles. The van der Waals surface area contributed by atoms with E-state index >= 15 is 4.39 Å². The highest BCUT2D eigenvalue weighted by atomic mass is 32.2. The largest absolute Gasteiger partial charge is 0.438 e. The summed E-state index contributed by atoms with van der Waals surface area (Å²) in [7, 11) is 0. The molecule has 0 radical (unpaired) electrons. The first-order valence-electron chi connectivity index (χ1n) is 15.2. The minimum Gasteiger partial charge on any atom is -0.438 e. The minimum atomic E-state index is -0.696. The molecule has 7 nitrogen and oxygen atoms in total. The maximum absolute atomic E-state index is 15.5. The minimum absolute atomic E-state index is 0.148. The fraction of sp³-hybridized carbons (Fsp3) is 0.625. The molecule has 3 heterocycles. The molecular formula is C32H43FN4O3S. The van der Waals surface area contributed by atoms with E-state index in [1.165, 1.54) is 73.0 Å². The lowest BCUT2D eigenvalue weighted by Crippen LogP contribution is -2.34. The Balaban J connectivity index is 1.05. The number of fused-ring (bicyclic) bond motifs is 1. The van der Waals surface area contributed by atoms with E-state index < -0.39 is 11.7 Å². The van der Waals surface area contributed by atoms with E-state index in [9.17, 15) is 9.59 Å². The zero-order valence-electron chi connectivity index (χ0n) is 24.6. The van der Waals surface area contributed by atoms with Gasteiger partial charge in [0.1, 0.15) is 5.82 Å². The number of halogens is 1. The molecule has 9 heteroatoms. The van der Waals surface area contributed by atoms with Gasteiger partial charge in [-0.25, -0.2) is 9.18 Å². The normalized spacial score (nSPS) is 28.1. The maximum Gasteiger partial charge on any atom is 0.415 e. The standard InChI is InChI=1S/C32H43FN4O3S/c1-22(5-4-12-35-13-15-41-16-14-35)31(3)10-8-24-19-36(20-25(24)9-11-31)28-7-6-26(17-27(28)33)37-21-32(40-30(37)39)18-29(32)34-23(2)38/h6-9,17,22,29H,4-5,10-16,18-21H2,1-3H3,(H,34,38)/t22?,29-,32?/m0/s1. The molecule has 3 aliphatic heterocycles. The summed E-state index contributed by atoms with van der Waals surface area (Å²) in [6.07, 6.45) is 9.54. The van der Waals surface area contributed by atoms with Gasteiger partial charge in [-0.05, 0) is 72.9 Å². The SMILES string of the molecule is CC(=O)N[C@H]1CC12CN(c1ccc(N3CC4=CCC(C)(C(C)CCCN5CCSCC5)CC=C4C3)c(F)c1)C(=O)O2. The van der Waals surface area contributed by atoms with Crippen LogP contribution in [-0.4, -0.2) is 79.3 Å². The molecule has 5 aliphatic rings. The number of ether oxygens (including phenoxy) is 1. The van der Waals surface area contributed by atoms with Crippen molar-refractivity contribution in [2.45, 2.75) is 64.5 Å². The average molecular weight is 583 g/mol. The fourth-order valence-electron chi connectivity index (χ4n) is 6.94. The highest BCUT2D eigenvalue weighted by Gasteiger charge is 2.64. The molecule has 2 amide bonds. The van der Waals surface area contributed by atoms with Gasteiger partial charge in [0.2, 0.25) is 5.91 Å². The maximum atomic E-state index is 15.5. The van der Waals surface area contributed by atoms with Crippen LogP contribution in [0, 0.1) is 17.2 Å². The van der Waals surface area contributed by atoms with Crippen LogP contribution in [-0.2, 0) is 9.53 Å². The molecule has 41 heavy (non-hydrogen) atoms. The number of nitrogens with zero attached hydrogens (tertiary/aromatic N) is 3. The van der Waals surface area contributed by atoms with Crippen molar-refractivity contribution in [2.24, 2.45) is 11.3 Å². The Morgan fingerprint density at radius 2 is 1.90 bits per heavy atom. The molecule has 1 N–H and O–H groups in total. The van der Waals surface area contributed by atoms with Gasteiger partial charge in [0.25, 0.3) is 0 Å². The third kappa shape index (κ3) is 5.89. The Bertz CT molecular complexity index is 1240. The number of benzene rings is 1. The van der Waals surface area contributed by atoms with Crippen molar-refractivity contribution in [1.29, 1.82) is 0 Å². The van der Waals surface area contributed by atoms with Crippen LogP contribution in [0.25, 0.3) is 0 Å². The molecule has 3 atom stereocenters. The summed E-state index contributed by atoms with van der Waals surface area (Å²) in [4.78, 5) is 30.2. The lowest BCUT2D eigenvalue weighted by molar-refractivity contribution is -0.119. The van der Waals surface area contributed by atoms with E-state index in [0.717, 1.165) is 12.8 Å². The second-order valence-electron chi connectivity index (χ2n) is 13.0. The number of amides is 2. The third-order valence-corrected chi connectivity index (χ3v) is 11.0. The highest BCUT2D eigenvalue weighted by molar-refractivity contribution is 7.99. The Morgan fingerprint density at radius 3 is 2.56 bits per heavy atom. The molecular weight excluding hydrogens is 539 g/mol.